The molecule has 2 amide bonds. The van der Waals surface area contributed by atoms with E-state index in [1.165, 1.54) is 6.42 Å². The maximum absolute atomic E-state index is 12.9. The van der Waals surface area contributed by atoms with Crippen LogP contribution in [0.15, 0.2) is 12.4 Å². The number of aryl methyl sites for hydroxylation is 1. The quantitative estimate of drug-likeness (QED) is 0.877. The van der Waals surface area contributed by atoms with Crippen LogP contribution in [-0.2, 0) is 9.59 Å². The molecule has 7 heteroatoms. The van der Waals surface area contributed by atoms with Crippen molar-refractivity contribution in [2.75, 3.05) is 26.2 Å². The van der Waals surface area contributed by atoms with Gasteiger partial charge in [0.05, 0.1) is 6.61 Å². The smallest absolute Gasteiger partial charge is 0.316 e. The molecule has 0 aromatic carbocycles. The van der Waals surface area contributed by atoms with Crippen LogP contribution in [0.3, 0.4) is 0 Å². The standard InChI is InChI=1S/C19H26N4O3/c1-13-8-21-18(22-9-13)26-12-19-5-2-3-15(19)10-23(11-19)17(25)14-4-6-20-16(24)7-14/h8-9,14-15H,2-7,10-12H2,1H3,(H,20,24). The van der Waals surface area contributed by atoms with Crippen LogP contribution in [0.2, 0.25) is 0 Å². The zero-order valence-corrected chi connectivity index (χ0v) is 15.2. The van der Waals surface area contributed by atoms with E-state index in [1.54, 1.807) is 12.4 Å². The van der Waals surface area contributed by atoms with Gasteiger partial charge in [-0.05, 0) is 37.7 Å². The van der Waals surface area contributed by atoms with Crippen molar-refractivity contribution in [2.24, 2.45) is 17.3 Å². The van der Waals surface area contributed by atoms with Gasteiger partial charge in [-0.25, -0.2) is 9.97 Å². The Kier molecular flexibility index (Phi) is 4.54. The molecule has 26 heavy (non-hydrogen) atoms. The third-order valence-corrected chi connectivity index (χ3v) is 6.19. The van der Waals surface area contributed by atoms with Crippen molar-refractivity contribution in [1.82, 2.24) is 20.2 Å². The number of nitrogens with one attached hydrogen (secondary N) is 1. The number of rotatable bonds is 4. The van der Waals surface area contributed by atoms with Gasteiger partial charge >= 0.3 is 6.01 Å². The molecule has 1 aromatic heterocycles. The van der Waals surface area contributed by atoms with Crippen molar-refractivity contribution >= 4 is 11.8 Å². The van der Waals surface area contributed by atoms with Gasteiger partial charge < -0.3 is 15.0 Å². The molecule has 2 aliphatic heterocycles. The summed E-state index contributed by atoms with van der Waals surface area (Å²) < 4.78 is 5.92. The van der Waals surface area contributed by atoms with Crippen LogP contribution in [-0.4, -0.2) is 52.9 Å². The molecule has 0 radical (unpaired) electrons. The minimum absolute atomic E-state index is 0.000825. The minimum Gasteiger partial charge on any atom is -0.463 e. The van der Waals surface area contributed by atoms with E-state index >= 15 is 0 Å². The van der Waals surface area contributed by atoms with Crippen LogP contribution in [0.1, 0.15) is 37.7 Å². The molecule has 4 rings (SSSR count). The molecular formula is C19H26N4O3. The van der Waals surface area contributed by atoms with Gasteiger partial charge in [-0.15, -0.1) is 0 Å². The topological polar surface area (TPSA) is 84.4 Å². The molecule has 0 bridgehead atoms. The largest absolute Gasteiger partial charge is 0.463 e. The molecule has 1 N–H and O–H groups in total. The Morgan fingerprint density at radius 3 is 2.96 bits per heavy atom. The lowest BCUT2D eigenvalue weighted by Crippen LogP contribution is -2.43. The fourth-order valence-corrected chi connectivity index (χ4v) is 4.73. The molecule has 1 saturated carbocycles. The highest BCUT2D eigenvalue weighted by atomic mass is 16.5. The number of ether oxygens (including phenoxy) is 1. The van der Waals surface area contributed by atoms with Gasteiger partial charge in [0.2, 0.25) is 11.8 Å². The van der Waals surface area contributed by atoms with E-state index in [2.05, 4.69) is 15.3 Å². The Morgan fingerprint density at radius 1 is 1.38 bits per heavy atom. The van der Waals surface area contributed by atoms with Gasteiger partial charge in [-0.2, -0.15) is 0 Å². The summed E-state index contributed by atoms with van der Waals surface area (Å²) in [5, 5.41) is 2.80. The molecule has 3 atom stereocenters. The Balaban J connectivity index is 1.42. The van der Waals surface area contributed by atoms with Gasteiger partial charge in [-0.3, -0.25) is 9.59 Å². The summed E-state index contributed by atoms with van der Waals surface area (Å²) in [5.41, 5.74) is 1.00. The maximum atomic E-state index is 12.9. The second-order valence-corrected chi connectivity index (χ2v) is 8.04. The lowest BCUT2D eigenvalue weighted by atomic mass is 9.81. The molecule has 0 spiro atoms. The number of hydrogen-bond donors (Lipinski definition) is 1. The van der Waals surface area contributed by atoms with E-state index in [9.17, 15) is 9.59 Å². The molecule has 2 saturated heterocycles. The van der Waals surface area contributed by atoms with E-state index in [1.807, 2.05) is 11.8 Å². The molecule has 3 aliphatic rings. The number of fused-ring (bicyclic) bond motifs is 1. The Hall–Kier alpha value is -2.18. The number of piperidine rings is 1. The predicted octanol–water partition coefficient (Wildman–Crippen LogP) is 1.32. The molecule has 3 heterocycles. The van der Waals surface area contributed by atoms with E-state index in [0.717, 1.165) is 37.9 Å². The summed E-state index contributed by atoms with van der Waals surface area (Å²) in [7, 11) is 0. The molecule has 3 unspecified atom stereocenters. The van der Waals surface area contributed by atoms with E-state index in [0.29, 0.717) is 31.5 Å². The SMILES string of the molecule is Cc1cnc(OCC23CCCC2CN(C(=O)C2CCNC(=O)C2)C3)nc1. The normalized spacial score (nSPS) is 30.8. The maximum Gasteiger partial charge on any atom is 0.316 e. The van der Waals surface area contributed by atoms with Crippen LogP contribution in [0.5, 0.6) is 6.01 Å². The first-order valence-corrected chi connectivity index (χ1v) is 9.53. The number of amides is 2. The van der Waals surface area contributed by atoms with Crippen molar-refractivity contribution in [3.05, 3.63) is 18.0 Å². The number of aromatic nitrogens is 2. The molecular weight excluding hydrogens is 332 g/mol. The summed E-state index contributed by atoms with van der Waals surface area (Å²) in [6.07, 6.45) is 7.95. The van der Waals surface area contributed by atoms with Crippen molar-refractivity contribution in [1.29, 1.82) is 0 Å². The molecule has 1 aliphatic carbocycles. The zero-order valence-electron chi connectivity index (χ0n) is 15.2. The fraction of sp³-hybridized carbons (Fsp3) is 0.684. The molecule has 3 fully saturated rings. The first kappa shape index (κ1) is 17.2. The average molecular weight is 358 g/mol. The van der Waals surface area contributed by atoms with E-state index < -0.39 is 0 Å². The van der Waals surface area contributed by atoms with Crippen molar-refractivity contribution in [3.63, 3.8) is 0 Å². The third-order valence-electron chi connectivity index (χ3n) is 6.19. The van der Waals surface area contributed by atoms with Crippen molar-refractivity contribution in [2.45, 2.75) is 39.0 Å². The van der Waals surface area contributed by atoms with Crippen molar-refractivity contribution in [3.8, 4) is 6.01 Å². The van der Waals surface area contributed by atoms with E-state index in [4.69, 9.17) is 4.74 Å². The van der Waals surface area contributed by atoms with Crippen LogP contribution < -0.4 is 10.1 Å². The Morgan fingerprint density at radius 2 is 2.19 bits per heavy atom. The number of carbonyl (C=O) groups is 2. The Bertz CT molecular complexity index is 693. The van der Waals surface area contributed by atoms with Gasteiger partial charge in [0, 0.05) is 49.8 Å². The zero-order chi connectivity index (χ0) is 18.1. The minimum atomic E-state index is -0.166. The van der Waals surface area contributed by atoms with E-state index in [-0.39, 0.29) is 23.1 Å². The van der Waals surface area contributed by atoms with Gasteiger partial charge in [0.1, 0.15) is 0 Å². The molecule has 7 nitrogen and oxygen atoms in total. The highest BCUT2D eigenvalue weighted by molar-refractivity contribution is 5.87. The third kappa shape index (κ3) is 3.27. The van der Waals surface area contributed by atoms with Gasteiger partial charge in [0.25, 0.3) is 0 Å². The summed E-state index contributed by atoms with van der Waals surface area (Å²) in [6, 6.07) is 0.407. The summed E-state index contributed by atoms with van der Waals surface area (Å²) in [5.74, 6) is 0.430. The summed E-state index contributed by atoms with van der Waals surface area (Å²) in [4.78, 5) is 35.0. The summed E-state index contributed by atoms with van der Waals surface area (Å²) in [6.45, 7) is 4.61. The Labute approximate surface area is 153 Å². The monoisotopic (exact) mass is 358 g/mol. The van der Waals surface area contributed by atoms with Gasteiger partial charge in [0.15, 0.2) is 0 Å². The second-order valence-electron chi connectivity index (χ2n) is 8.04. The first-order chi connectivity index (χ1) is 12.6. The highest BCUT2D eigenvalue weighted by Crippen LogP contribution is 2.49. The lowest BCUT2D eigenvalue weighted by Gasteiger charge is -2.30. The summed E-state index contributed by atoms with van der Waals surface area (Å²) >= 11 is 0. The van der Waals surface area contributed by atoms with Crippen LogP contribution in [0.4, 0.5) is 0 Å². The molecule has 1 aromatic rings. The number of likely N-dealkylation sites (tertiary alicyclic amines) is 1. The number of carbonyl (C=O) groups excluding carboxylic acids is 2. The number of nitrogens with zero attached hydrogens (tertiary/aromatic N) is 3. The predicted molar refractivity (Wildman–Crippen MR) is 94.4 cm³/mol. The lowest BCUT2D eigenvalue weighted by molar-refractivity contribution is -0.139. The second kappa shape index (κ2) is 6.85. The number of hydrogen-bond acceptors (Lipinski definition) is 5. The van der Waals surface area contributed by atoms with Crippen LogP contribution >= 0.6 is 0 Å². The van der Waals surface area contributed by atoms with Crippen molar-refractivity contribution < 1.29 is 14.3 Å². The fourth-order valence-electron chi connectivity index (χ4n) is 4.73. The average Bonchev–Trinajstić information content (AvgIpc) is 3.18. The van der Waals surface area contributed by atoms with Crippen LogP contribution in [0, 0.1) is 24.2 Å². The first-order valence-electron chi connectivity index (χ1n) is 9.53. The molecule has 140 valence electrons. The van der Waals surface area contributed by atoms with Gasteiger partial charge in [-0.1, -0.05) is 6.42 Å². The van der Waals surface area contributed by atoms with Crippen LogP contribution in [0.25, 0.3) is 0 Å². The highest BCUT2D eigenvalue weighted by Gasteiger charge is 2.52.